The first-order valence-corrected chi connectivity index (χ1v) is 26.9. The number of carbonyl (C=O) groups excluding carboxylic acids is 2. The molecule has 1 unspecified atom stereocenters. The van der Waals surface area contributed by atoms with Crippen molar-refractivity contribution in [2.75, 3.05) is 6.61 Å². The number of unbranched alkanes of at least 4 members (excludes halogenated alkanes) is 34. The van der Waals surface area contributed by atoms with Crippen LogP contribution in [-0.2, 0) is 19.1 Å². The monoisotopic (exact) mass is 819 g/mol. The number of esters is 2. The smallest absolute Gasteiger partial charge is 0.306 e. The Hall–Kier alpha value is -1.06. The second kappa shape index (κ2) is 48.6. The van der Waals surface area contributed by atoms with E-state index >= 15 is 0 Å². The summed E-state index contributed by atoms with van der Waals surface area (Å²) in [4.78, 5) is 25.3. The zero-order valence-corrected chi connectivity index (χ0v) is 40.3. The van der Waals surface area contributed by atoms with Crippen molar-refractivity contribution in [3.63, 3.8) is 0 Å². The number of hydrogen-bond donors (Lipinski definition) is 0. The van der Waals surface area contributed by atoms with Gasteiger partial charge in [-0.15, -0.1) is 0 Å². The Morgan fingerprint density at radius 2 is 0.569 bits per heavy atom. The molecule has 0 aromatic carbocycles. The molecule has 0 spiro atoms. The molecule has 0 amide bonds. The van der Waals surface area contributed by atoms with Gasteiger partial charge in [0, 0.05) is 12.8 Å². The second-order valence-corrected chi connectivity index (χ2v) is 18.7. The molecule has 0 N–H and O–H groups in total. The van der Waals surface area contributed by atoms with Crippen molar-refractivity contribution >= 4 is 11.9 Å². The molecule has 0 heterocycles. The van der Waals surface area contributed by atoms with Gasteiger partial charge in [-0.05, 0) is 57.3 Å². The van der Waals surface area contributed by atoms with Gasteiger partial charge in [-0.3, -0.25) is 9.59 Å². The summed E-state index contributed by atoms with van der Waals surface area (Å²) in [6, 6.07) is 0. The lowest BCUT2D eigenvalue weighted by atomic mass is 9.94. The van der Waals surface area contributed by atoms with Crippen molar-refractivity contribution < 1.29 is 19.1 Å². The highest BCUT2D eigenvalue weighted by Gasteiger charge is 2.15. The van der Waals surface area contributed by atoms with E-state index in [2.05, 4.69) is 27.7 Å². The summed E-state index contributed by atoms with van der Waals surface area (Å²) in [7, 11) is 0. The molecule has 4 heteroatoms. The molecule has 4 nitrogen and oxygen atoms in total. The zero-order valence-electron chi connectivity index (χ0n) is 40.3. The highest BCUT2D eigenvalue weighted by molar-refractivity contribution is 5.69. The third kappa shape index (κ3) is 44.5. The van der Waals surface area contributed by atoms with Crippen LogP contribution in [0.1, 0.15) is 317 Å². The Morgan fingerprint density at radius 3 is 0.931 bits per heavy atom. The second-order valence-electron chi connectivity index (χ2n) is 18.7. The van der Waals surface area contributed by atoms with E-state index in [1.165, 1.54) is 244 Å². The van der Waals surface area contributed by atoms with Crippen molar-refractivity contribution in [2.24, 2.45) is 5.92 Å². The predicted octanol–water partition coefficient (Wildman–Crippen LogP) is 18.7. The van der Waals surface area contributed by atoms with Crippen LogP contribution in [0.25, 0.3) is 0 Å². The molecule has 0 rings (SSSR count). The Kier molecular flexibility index (Phi) is 47.7. The topological polar surface area (TPSA) is 52.6 Å². The minimum absolute atomic E-state index is 0.0274. The van der Waals surface area contributed by atoms with Gasteiger partial charge in [-0.2, -0.15) is 0 Å². The third-order valence-corrected chi connectivity index (χ3v) is 12.7. The fourth-order valence-corrected chi connectivity index (χ4v) is 8.67. The molecule has 0 aliphatic heterocycles. The first-order valence-electron chi connectivity index (χ1n) is 26.9. The Labute approximate surface area is 365 Å². The van der Waals surface area contributed by atoms with E-state index in [1.54, 1.807) is 0 Å². The van der Waals surface area contributed by atoms with Crippen LogP contribution in [0.2, 0.25) is 0 Å². The molecule has 0 aromatic heterocycles. The number of ether oxygens (including phenoxy) is 2. The maximum absolute atomic E-state index is 12.7. The van der Waals surface area contributed by atoms with Gasteiger partial charge in [0.05, 0.1) is 6.61 Å². The van der Waals surface area contributed by atoms with E-state index in [0.29, 0.717) is 25.4 Å². The van der Waals surface area contributed by atoms with Gasteiger partial charge in [0.25, 0.3) is 0 Å². The van der Waals surface area contributed by atoms with Crippen molar-refractivity contribution in [1.82, 2.24) is 0 Å². The van der Waals surface area contributed by atoms with Crippen LogP contribution in [-0.4, -0.2) is 24.6 Å². The molecule has 0 saturated heterocycles. The van der Waals surface area contributed by atoms with Crippen molar-refractivity contribution in [2.45, 2.75) is 323 Å². The minimum Gasteiger partial charge on any atom is -0.465 e. The lowest BCUT2D eigenvalue weighted by Crippen LogP contribution is -2.18. The molecule has 0 aromatic rings. The molecule has 0 fully saturated rings. The average molecular weight is 819 g/mol. The van der Waals surface area contributed by atoms with Gasteiger partial charge < -0.3 is 9.47 Å². The predicted molar refractivity (Wildman–Crippen MR) is 255 cm³/mol. The summed E-state index contributed by atoms with van der Waals surface area (Å²) in [5.41, 5.74) is 0. The van der Waals surface area contributed by atoms with Crippen LogP contribution in [0.3, 0.4) is 0 Å². The maximum Gasteiger partial charge on any atom is 0.306 e. The Balaban J connectivity index is 3.96. The molecule has 0 saturated carbocycles. The van der Waals surface area contributed by atoms with E-state index in [4.69, 9.17) is 9.47 Å². The number of hydrogen-bond acceptors (Lipinski definition) is 4. The lowest BCUT2D eigenvalue weighted by molar-refractivity contribution is -0.150. The summed E-state index contributed by atoms with van der Waals surface area (Å²) in [6.07, 6.45) is 56.5. The fraction of sp³-hybridized carbons (Fsp3) is 0.963. The van der Waals surface area contributed by atoms with Gasteiger partial charge in [-0.25, -0.2) is 0 Å². The summed E-state index contributed by atoms with van der Waals surface area (Å²) < 4.78 is 11.9. The molecule has 0 aliphatic rings. The molecule has 1 atom stereocenters. The minimum atomic E-state index is 0.0274. The average Bonchev–Trinajstić information content (AvgIpc) is 3.22. The van der Waals surface area contributed by atoms with Crippen molar-refractivity contribution in [3.8, 4) is 0 Å². The van der Waals surface area contributed by atoms with Gasteiger partial charge >= 0.3 is 11.9 Å². The summed E-state index contributed by atoms with van der Waals surface area (Å²) in [5, 5.41) is 0. The number of carbonyl (C=O) groups is 2. The molecular formula is C54H106O4. The summed E-state index contributed by atoms with van der Waals surface area (Å²) in [5.74, 6) is 0.622. The highest BCUT2D eigenvalue weighted by Crippen LogP contribution is 2.22. The summed E-state index contributed by atoms with van der Waals surface area (Å²) in [6.45, 7) is 9.74. The van der Waals surface area contributed by atoms with Crippen molar-refractivity contribution in [3.05, 3.63) is 0 Å². The van der Waals surface area contributed by atoms with Crippen LogP contribution in [0.15, 0.2) is 0 Å². The van der Waals surface area contributed by atoms with Crippen LogP contribution >= 0.6 is 0 Å². The number of rotatable bonds is 49. The quantitative estimate of drug-likeness (QED) is 0.0453. The third-order valence-electron chi connectivity index (χ3n) is 12.7. The van der Waals surface area contributed by atoms with Gasteiger partial charge in [0.2, 0.25) is 0 Å². The Bertz CT molecular complexity index is 795. The van der Waals surface area contributed by atoms with E-state index in [-0.39, 0.29) is 18.0 Å². The zero-order chi connectivity index (χ0) is 42.3. The lowest BCUT2D eigenvalue weighted by Gasteiger charge is -2.18. The molecule has 346 valence electrons. The SMILES string of the molecule is CCCCCCCCCCCCCCCCCC(=O)OC(CCCCC)CCCCCCCCCCCC(=O)OCC(CCCCCCCC)CCCCCCCC. The molecule has 0 bridgehead atoms. The van der Waals surface area contributed by atoms with Gasteiger partial charge in [0.1, 0.15) is 6.10 Å². The Morgan fingerprint density at radius 1 is 0.310 bits per heavy atom. The van der Waals surface area contributed by atoms with E-state index in [9.17, 15) is 9.59 Å². The first kappa shape index (κ1) is 56.9. The van der Waals surface area contributed by atoms with E-state index in [1.807, 2.05) is 0 Å². The van der Waals surface area contributed by atoms with E-state index < -0.39 is 0 Å². The molecule has 0 aliphatic carbocycles. The molecule has 0 radical (unpaired) electrons. The molecular weight excluding hydrogens is 713 g/mol. The largest absolute Gasteiger partial charge is 0.465 e. The van der Waals surface area contributed by atoms with Crippen LogP contribution in [0, 0.1) is 5.92 Å². The standard InChI is InChI=1S/C54H106O4/c1-5-9-13-16-19-20-21-22-23-24-25-28-32-37-43-49-54(56)58-52(46-38-12-8-4)47-41-35-30-27-26-29-31-36-42-48-53(55)57-50-51(44-39-33-17-14-10-6-2)45-40-34-18-15-11-7-3/h51-52H,5-50H2,1-4H3. The van der Waals surface area contributed by atoms with Crippen LogP contribution < -0.4 is 0 Å². The molecule has 58 heavy (non-hydrogen) atoms. The van der Waals surface area contributed by atoms with Gasteiger partial charge in [0.15, 0.2) is 0 Å². The fourth-order valence-electron chi connectivity index (χ4n) is 8.67. The summed E-state index contributed by atoms with van der Waals surface area (Å²) >= 11 is 0. The van der Waals surface area contributed by atoms with Crippen LogP contribution in [0.5, 0.6) is 0 Å². The van der Waals surface area contributed by atoms with Crippen molar-refractivity contribution in [1.29, 1.82) is 0 Å². The van der Waals surface area contributed by atoms with Gasteiger partial charge in [-0.1, -0.05) is 252 Å². The van der Waals surface area contributed by atoms with Crippen LogP contribution in [0.4, 0.5) is 0 Å². The normalized spacial score (nSPS) is 12.1. The van der Waals surface area contributed by atoms with E-state index in [0.717, 1.165) is 32.1 Å². The first-order chi connectivity index (χ1) is 28.6. The highest BCUT2D eigenvalue weighted by atomic mass is 16.5. The maximum atomic E-state index is 12.7.